The molecule has 134 valence electrons. The van der Waals surface area contributed by atoms with Gasteiger partial charge in [0.05, 0.1) is 31.0 Å². The van der Waals surface area contributed by atoms with Crippen LogP contribution in [0.25, 0.3) is 10.8 Å². The third kappa shape index (κ3) is 3.94. The summed E-state index contributed by atoms with van der Waals surface area (Å²) >= 11 is 0. The highest BCUT2D eigenvalue weighted by Gasteiger charge is 2.15. The minimum atomic E-state index is -0.0326. The Morgan fingerprint density at radius 2 is 2.08 bits per heavy atom. The lowest BCUT2D eigenvalue weighted by atomic mass is 10.0. The third-order valence-corrected chi connectivity index (χ3v) is 4.81. The summed E-state index contributed by atoms with van der Waals surface area (Å²) in [6, 6.07) is 14.2. The molecular weight excluding hydrogens is 326 g/mol. The molecule has 3 aromatic rings. The average molecular weight is 349 g/mol. The Morgan fingerprint density at radius 3 is 2.96 bits per heavy atom. The minimum absolute atomic E-state index is 0.0326. The van der Waals surface area contributed by atoms with Gasteiger partial charge in [-0.1, -0.05) is 42.5 Å². The van der Waals surface area contributed by atoms with Crippen molar-refractivity contribution in [2.75, 3.05) is 11.9 Å². The summed E-state index contributed by atoms with van der Waals surface area (Å²) in [5, 5.41) is 9.56. The first-order valence-corrected chi connectivity index (χ1v) is 9.18. The summed E-state index contributed by atoms with van der Waals surface area (Å²) in [6.07, 6.45) is 7.57. The highest BCUT2D eigenvalue weighted by Crippen LogP contribution is 2.20. The smallest absolute Gasteiger partial charge is 0.228 e. The van der Waals surface area contributed by atoms with Gasteiger partial charge in [-0.25, -0.2) is 0 Å². The van der Waals surface area contributed by atoms with Gasteiger partial charge in [0.25, 0.3) is 0 Å². The lowest BCUT2D eigenvalue weighted by molar-refractivity contribution is -0.115. The first-order chi connectivity index (χ1) is 12.8. The third-order valence-electron chi connectivity index (χ3n) is 4.81. The van der Waals surface area contributed by atoms with Crippen molar-refractivity contribution < 1.29 is 9.53 Å². The second-order valence-electron chi connectivity index (χ2n) is 6.80. The SMILES string of the molecule is O=C(Cc1cccc2ccccc12)Nc1cnn(CC2CCCCO2)c1. The van der Waals surface area contributed by atoms with Crippen LogP contribution in [0, 0.1) is 0 Å². The molecule has 1 N–H and O–H groups in total. The van der Waals surface area contributed by atoms with E-state index in [0.29, 0.717) is 6.42 Å². The van der Waals surface area contributed by atoms with E-state index in [9.17, 15) is 4.79 Å². The molecule has 1 aromatic heterocycles. The maximum atomic E-state index is 12.5. The molecule has 5 nitrogen and oxygen atoms in total. The minimum Gasteiger partial charge on any atom is -0.376 e. The quantitative estimate of drug-likeness (QED) is 0.762. The average Bonchev–Trinajstić information content (AvgIpc) is 3.09. The highest BCUT2D eigenvalue weighted by molar-refractivity contribution is 5.96. The van der Waals surface area contributed by atoms with Crippen molar-refractivity contribution in [2.45, 2.75) is 38.3 Å². The fraction of sp³-hybridized carbons (Fsp3) is 0.333. The number of fused-ring (bicyclic) bond motifs is 1. The molecule has 2 heterocycles. The number of hydrogen-bond donors (Lipinski definition) is 1. The maximum absolute atomic E-state index is 12.5. The number of aromatic nitrogens is 2. The predicted molar refractivity (Wildman–Crippen MR) is 102 cm³/mol. The topological polar surface area (TPSA) is 56.2 Å². The number of nitrogens with zero attached hydrogens (tertiary/aromatic N) is 2. The number of amides is 1. The van der Waals surface area contributed by atoms with E-state index < -0.39 is 0 Å². The number of hydrogen-bond acceptors (Lipinski definition) is 3. The lowest BCUT2D eigenvalue weighted by Crippen LogP contribution is -2.24. The zero-order valence-corrected chi connectivity index (χ0v) is 14.7. The van der Waals surface area contributed by atoms with Crippen LogP contribution in [-0.4, -0.2) is 28.4 Å². The number of nitrogens with one attached hydrogen (secondary N) is 1. The van der Waals surface area contributed by atoms with Crippen molar-refractivity contribution in [2.24, 2.45) is 0 Å². The van der Waals surface area contributed by atoms with E-state index >= 15 is 0 Å². The molecule has 0 saturated carbocycles. The van der Waals surface area contributed by atoms with Crippen LogP contribution in [-0.2, 0) is 22.5 Å². The largest absolute Gasteiger partial charge is 0.376 e. The molecule has 5 heteroatoms. The molecule has 2 aromatic carbocycles. The molecular formula is C21H23N3O2. The number of ether oxygens (including phenoxy) is 1. The van der Waals surface area contributed by atoms with Crippen molar-refractivity contribution in [3.63, 3.8) is 0 Å². The van der Waals surface area contributed by atoms with Crippen LogP contribution in [0.15, 0.2) is 54.9 Å². The molecule has 0 spiro atoms. The lowest BCUT2D eigenvalue weighted by Gasteiger charge is -2.22. The van der Waals surface area contributed by atoms with E-state index in [4.69, 9.17) is 4.74 Å². The normalized spacial score (nSPS) is 17.3. The molecule has 26 heavy (non-hydrogen) atoms. The van der Waals surface area contributed by atoms with Gasteiger partial charge in [-0.2, -0.15) is 5.10 Å². The number of benzene rings is 2. The first kappa shape index (κ1) is 16.8. The molecule has 1 unspecified atom stereocenters. The van der Waals surface area contributed by atoms with Crippen LogP contribution >= 0.6 is 0 Å². The Kier molecular flexibility index (Phi) is 4.97. The van der Waals surface area contributed by atoms with Gasteiger partial charge >= 0.3 is 0 Å². The fourth-order valence-corrected chi connectivity index (χ4v) is 3.51. The molecule has 0 radical (unpaired) electrons. The zero-order valence-electron chi connectivity index (χ0n) is 14.7. The summed E-state index contributed by atoms with van der Waals surface area (Å²) in [5.74, 6) is -0.0326. The molecule has 1 aliphatic heterocycles. The van der Waals surface area contributed by atoms with E-state index in [0.717, 1.165) is 48.0 Å². The molecule has 1 fully saturated rings. The molecule has 0 aliphatic carbocycles. The highest BCUT2D eigenvalue weighted by atomic mass is 16.5. The van der Waals surface area contributed by atoms with Crippen LogP contribution in [0.1, 0.15) is 24.8 Å². The van der Waals surface area contributed by atoms with Gasteiger partial charge in [-0.3, -0.25) is 9.48 Å². The van der Waals surface area contributed by atoms with E-state index in [1.54, 1.807) is 6.20 Å². The van der Waals surface area contributed by atoms with E-state index in [-0.39, 0.29) is 12.0 Å². The molecule has 1 saturated heterocycles. The van der Waals surface area contributed by atoms with Crippen LogP contribution < -0.4 is 5.32 Å². The summed E-state index contributed by atoms with van der Waals surface area (Å²) in [6.45, 7) is 1.57. The van der Waals surface area contributed by atoms with Crippen LogP contribution in [0.5, 0.6) is 0 Å². The predicted octanol–water partition coefficient (Wildman–Crippen LogP) is 3.79. The van der Waals surface area contributed by atoms with Gasteiger partial charge in [0.15, 0.2) is 0 Å². The van der Waals surface area contributed by atoms with Gasteiger partial charge in [-0.15, -0.1) is 0 Å². The molecule has 4 rings (SSSR count). The van der Waals surface area contributed by atoms with Crippen molar-refractivity contribution in [3.05, 3.63) is 60.4 Å². The van der Waals surface area contributed by atoms with Crippen LogP contribution in [0.2, 0.25) is 0 Å². The Balaban J connectivity index is 1.39. The summed E-state index contributed by atoms with van der Waals surface area (Å²) in [4.78, 5) is 12.5. The monoisotopic (exact) mass is 349 g/mol. The van der Waals surface area contributed by atoms with Crippen molar-refractivity contribution in [1.82, 2.24) is 9.78 Å². The van der Waals surface area contributed by atoms with Crippen LogP contribution in [0.4, 0.5) is 5.69 Å². The molecule has 0 bridgehead atoms. The summed E-state index contributed by atoms with van der Waals surface area (Å²) in [7, 11) is 0. The molecule has 1 amide bonds. The van der Waals surface area contributed by atoms with Crippen molar-refractivity contribution >= 4 is 22.4 Å². The number of rotatable bonds is 5. The van der Waals surface area contributed by atoms with Gasteiger partial charge in [-0.05, 0) is 35.6 Å². The second kappa shape index (κ2) is 7.70. The molecule has 1 aliphatic rings. The van der Waals surface area contributed by atoms with Gasteiger partial charge in [0.2, 0.25) is 5.91 Å². The fourth-order valence-electron chi connectivity index (χ4n) is 3.51. The van der Waals surface area contributed by atoms with Crippen molar-refractivity contribution in [3.8, 4) is 0 Å². The number of carbonyl (C=O) groups excluding carboxylic acids is 1. The van der Waals surface area contributed by atoms with E-state index in [1.807, 2.05) is 35.1 Å². The van der Waals surface area contributed by atoms with Gasteiger partial charge < -0.3 is 10.1 Å². The summed E-state index contributed by atoms with van der Waals surface area (Å²) < 4.78 is 7.59. The first-order valence-electron chi connectivity index (χ1n) is 9.18. The standard InChI is InChI=1S/C21H23N3O2/c25-21(12-17-8-5-7-16-6-1-2-10-20(16)17)23-18-13-22-24(14-18)15-19-9-3-4-11-26-19/h1-2,5-8,10,13-14,19H,3-4,9,11-12,15H2,(H,23,25). The summed E-state index contributed by atoms with van der Waals surface area (Å²) in [5.41, 5.74) is 1.76. The Labute approximate surface area is 153 Å². The Morgan fingerprint density at radius 1 is 1.19 bits per heavy atom. The van der Waals surface area contributed by atoms with Crippen molar-refractivity contribution in [1.29, 1.82) is 0 Å². The Hall–Kier alpha value is -2.66. The molecule has 1 atom stereocenters. The van der Waals surface area contributed by atoms with Crippen LogP contribution in [0.3, 0.4) is 0 Å². The maximum Gasteiger partial charge on any atom is 0.228 e. The number of anilines is 1. The van der Waals surface area contributed by atoms with E-state index in [2.05, 4.69) is 28.6 Å². The van der Waals surface area contributed by atoms with Gasteiger partial charge in [0.1, 0.15) is 0 Å². The Bertz CT molecular complexity index is 892. The number of carbonyl (C=O) groups is 1. The van der Waals surface area contributed by atoms with E-state index in [1.165, 1.54) is 6.42 Å². The van der Waals surface area contributed by atoms with Gasteiger partial charge in [0, 0.05) is 12.8 Å². The zero-order chi connectivity index (χ0) is 17.8. The second-order valence-corrected chi connectivity index (χ2v) is 6.80.